The fourth-order valence-corrected chi connectivity index (χ4v) is 1.43. The first-order chi connectivity index (χ1) is 7.11. The molecule has 0 aliphatic carbocycles. The predicted octanol–water partition coefficient (Wildman–Crippen LogP) is 1.82. The number of carbonyl (C=O) groups excluding carboxylic acids is 1. The molecule has 5 heteroatoms. The lowest BCUT2D eigenvalue weighted by atomic mass is 10.3. The second kappa shape index (κ2) is 5.41. The first kappa shape index (κ1) is 11.6. The Balaban J connectivity index is 2.57. The minimum Gasteiger partial charge on any atom is -0.481 e. The van der Waals surface area contributed by atoms with Gasteiger partial charge in [-0.2, -0.15) is 0 Å². The molecule has 15 heavy (non-hydrogen) atoms. The van der Waals surface area contributed by atoms with Gasteiger partial charge in [-0.3, -0.25) is 9.59 Å². The van der Waals surface area contributed by atoms with Crippen LogP contribution in [-0.2, 0) is 9.59 Å². The molecule has 1 aromatic carbocycles. The van der Waals surface area contributed by atoms with Crippen LogP contribution in [0.1, 0.15) is 6.42 Å². The second-order valence-electron chi connectivity index (χ2n) is 2.85. The van der Waals surface area contributed by atoms with Gasteiger partial charge in [0.1, 0.15) is 6.42 Å². The van der Waals surface area contributed by atoms with Crippen LogP contribution < -0.4 is 5.32 Å². The van der Waals surface area contributed by atoms with Crippen LogP contribution in [0.3, 0.4) is 0 Å². The number of carbonyl (C=O) groups is 2. The normalized spacial score (nSPS) is 9.67. The lowest BCUT2D eigenvalue weighted by molar-refractivity contribution is -0.139. The zero-order valence-electron chi connectivity index (χ0n) is 8.19. The molecule has 0 heterocycles. The Morgan fingerprint density at radius 1 is 1.33 bits per heavy atom. The first-order valence-electron chi connectivity index (χ1n) is 4.27. The van der Waals surface area contributed by atoms with Crippen molar-refractivity contribution in [2.75, 3.05) is 11.6 Å². The van der Waals surface area contributed by atoms with Crippen molar-refractivity contribution < 1.29 is 14.7 Å². The van der Waals surface area contributed by atoms with Gasteiger partial charge in [-0.15, -0.1) is 11.8 Å². The maximum absolute atomic E-state index is 11.1. The van der Waals surface area contributed by atoms with Crippen LogP contribution in [-0.4, -0.2) is 23.2 Å². The maximum Gasteiger partial charge on any atom is 0.312 e. The van der Waals surface area contributed by atoms with Crippen LogP contribution >= 0.6 is 11.8 Å². The van der Waals surface area contributed by atoms with Gasteiger partial charge in [-0.25, -0.2) is 0 Å². The molecule has 0 saturated heterocycles. The van der Waals surface area contributed by atoms with Gasteiger partial charge in [0.25, 0.3) is 0 Å². The third-order valence-corrected chi connectivity index (χ3v) is 2.43. The molecular formula is C10H11NO3S. The molecule has 0 fully saturated rings. The fourth-order valence-electron chi connectivity index (χ4n) is 1.02. The van der Waals surface area contributed by atoms with Crippen molar-refractivity contribution >= 4 is 29.3 Å². The number of benzene rings is 1. The van der Waals surface area contributed by atoms with Crippen molar-refractivity contribution in [1.29, 1.82) is 0 Å². The highest BCUT2D eigenvalue weighted by Crippen LogP contribution is 2.17. The average molecular weight is 225 g/mol. The summed E-state index contributed by atoms with van der Waals surface area (Å²) >= 11 is 1.60. The lowest BCUT2D eigenvalue weighted by Gasteiger charge is -2.03. The molecule has 2 N–H and O–H groups in total. The molecule has 1 amide bonds. The first-order valence-corrected chi connectivity index (χ1v) is 5.50. The Hall–Kier alpha value is -1.49. The van der Waals surface area contributed by atoms with Crippen LogP contribution in [0.25, 0.3) is 0 Å². The SMILES string of the molecule is CSc1ccc(NC(=O)CC(=O)O)cc1. The van der Waals surface area contributed by atoms with Crippen LogP contribution in [0.15, 0.2) is 29.2 Å². The summed E-state index contributed by atoms with van der Waals surface area (Å²) in [5.74, 6) is -1.65. The topological polar surface area (TPSA) is 66.4 Å². The van der Waals surface area contributed by atoms with E-state index in [9.17, 15) is 9.59 Å². The summed E-state index contributed by atoms with van der Waals surface area (Å²) in [5, 5.41) is 10.9. The van der Waals surface area contributed by atoms with Gasteiger partial charge in [0.2, 0.25) is 5.91 Å². The van der Waals surface area contributed by atoms with Crippen molar-refractivity contribution in [3.05, 3.63) is 24.3 Å². The molecule has 0 radical (unpaired) electrons. The summed E-state index contributed by atoms with van der Waals surface area (Å²) in [4.78, 5) is 22.4. The molecule has 0 saturated carbocycles. The third kappa shape index (κ3) is 4.03. The van der Waals surface area contributed by atoms with E-state index >= 15 is 0 Å². The fraction of sp³-hybridized carbons (Fsp3) is 0.200. The molecule has 1 aromatic rings. The van der Waals surface area contributed by atoms with Gasteiger partial charge in [0.15, 0.2) is 0 Å². The molecule has 1 rings (SSSR count). The quantitative estimate of drug-likeness (QED) is 0.606. The maximum atomic E-state index is 11.1. The second-order valence-corrected chi connectivity index (χ2v) is 3.73. The average Bonchev–Trinajstić information content (AvgIpc) is 2.17. The Morgan fingerprint density at radius 3 is 2.40 bits per heavy atom. The Morgan fingerprint density at radius 2 is 1.93 bits per heavy atom. The van der Waals surface area contributed by atoms with Crippen LogP contribution in [0.4, 0.5) is 5.69 Å². The molecule has 80 valence electrons. The van der Waals surface area contributed by atoms with E-state index in [1.807, 2.05) is 18.4 Å². The van der Waals surface area contributed by atoms with E-state index in [2.05, 4.69) is 5.32 Å². The highest BCUT2D eigenvalue weighted by Gasteiger charge is 2.07. The standard InChI is InChI=1S/C10H11NO3S/c1-15-8-4-2-7(3-5-8)11-9(12)6-10(13)14/h2-5H,6H2,1H3,(H,11,12)(H,13,14). The molecule has 0 aliphatic heterocycles. The lowest BCUT2D eigenvalue weighted by Crippen LogP contribution is -2.15. The van der Waals surface area contributed by atoms with E-state index in [4.69, 9.17) is 5.11 Å². The van der Waals surface area contributed by atoms with Gasteiger partial charge in [0, 0.05) is 10.6 Å². The van der Waals surface area contributed by atoms with Crippen LogP contribution in [0, 0.1) is 0 Å². The smallest absolute Gasteiger partial charge is 0.312 e. The number of rotatable bonds is 4. The van der Waals surface area contributed by atoms with E-state index in [1.54, 1.807) is 23.9 Å². The molecular weight excluding hydrogens is 214 g/mol. The minimum atomic E-state index is -1.13. The number of carboxylic acid groups (broad SMARTS) is 1. The predicted molar refractivity (Wildman–Crippen MR) is 59.1 cm³/mol. The van der Waals surface area contributed by atoms with Crippen molar-refractivity contribution in [1.82, 2.24) is 0 Å². The Labute approximate surface area is 91.7 Å². The van der Waals surface area contributed by atoms with Gasteiger partial charge >= 0.3 is 5.97 Å². The van der Waals surface area contributed by atoms with E-state index in [0.29, 0.717) is 5.69 Å². The Bertz CT molecular complexity index is 361. The van der Waals surface area contributed by atoms with Gasteiger partial charge in [-0.1, -0.05) is 0 Å². The summed E-state index contributed by atoms with van der Waals surface area (Å²) in [5.41, 5.74) is 0.610. The van der Waals surface area contributed by atoms with Crippen LogP contribution in [0.5, 0.6) is 0 Å². The summed E-state index contributed by atoms with van der Waals surface area (Å²) in [6, 6.07) is 7.21. The number of carboxylic acids is 1. The van der Waals surface area contributed by atoms with Gasteiger partial charge < -0.3 is 10.4 Å². The molecule has 0 unspecified atom stereocenters. The van der Waals surface area contributed by atoms with Gasteiger partial charge in [-0.05, 0) is 30.5 Å². The summed E-state index contributed by atoms with van der Waals surface area (Å²) < 4.78 is 0. The van der Waals surface area contributed by atoms with Crippen molar-refractivity contribution in [2.24, 2.45) is 0 Å². The summed E-state index contributed by atoms with van der Waals surface area (Å²) in [6.45, 7) is 0. The summed E-state index contributed by atoms with van der Waals surface area (Å²) in [6.07, 6.45) is 1.45. The number of anilines is 1. The van der Waals surface area contributed by atoms with E-state index in [0.717, 1.165) is 4.90 Å². The molecule has 0 aliphatic rings. The van der Waals surface area contributed by atoms with E-state index in [-0.39, 0.29) is 0 Å². The molecule has 0 spiro atoms. The molecule has 0 atom stereocenters. The zero-order valence-corrected chi connectivity index (χ0v) is 9.00. The number of amides is 1. The van der Waals surface area contributed by atoms with Crippen molar-refractivity contribution in [3.63, 3.8) is 0 Å². The van der Waals surface area contributed by atoms with Crippen molar-refractivity contribution in [2.45, 2.75) is 11.3 Å². The van der Waals surface area contributed by atoms with E-state index in [1.165, 1.54) is 0 Å². The number of thioether (sulfide) groups is 1. The number of aliphatic carboxylic acids is 1. The Kier molecular flexibility index (Phi) is 4.17. The monoisotopic (exact) mass is 225 g/mol. The van der Waals surface area contributed by atoms with Crippen LogP contribution in [0.2, 0.25) is 0 Å². The van der Waals surface area contributed by atoms with Gasteiger partial charge in [0.05, 0.1) is 0 Å². The highest BCUT2D eigenvalue weighted by molar-refractivity contribution is 7.98. The zero-order chi connectivity index (χ0) is 11.3. The largest absolute Gasteiger partial charge is 0.481 e. The molecule has 4 nitrogen and oxygen atoms in total. The van der Waals surface area contributed by atoms with Crippen molar-refractivity contribution in [3.8, 4) is 0 Å². The number of hydrogen-bond donors (Lipinski definition) is 2. The number of hydrogen-bond acceptors (Lipinski definition) is 3. The third-order valence-electron chi connectivity index (χ3n) is 1.69. The molecule has 0 bridgehead atoms. The highest BCUT2D eigenvalue weighted by atomic mass is 32.2. The number of nitrogens with one attached hydrogen (secondary N) is 1. The summed E-state index contributed by atoms with van der Waals surface area (Å²) in [7, 11) is 0. The van der Waals surface area contributed by atoms with E-state index < -0.39 is 18.3 Å². The molecule has 0 aromatic heterocycles. The minimum absolute atomic E-state index is 0.510.